The number of ether oxygens (including phenoxy) is 1. The molecule has 0 unspecified atom stereocenters. The van der Waals surface area contributed by atoms with Gasteiger partial charge >= 0.3 is 5.97 Å². The Morgan fingerprint density at radius 1 is 1.20 bits per heavy atom. The average molecular weight is 562 g/mol. The lowest BCUT2D eigenvalue weighted by Crippen LogP contribution is -2.45. The molecular weight excluding hydrogens is 514 g/mol. The minimum atomic E-state index is -0.807. The number of carbonyl (C=O) groups is 2. The molecule has 2 aliphatic heterocycles. The van der Waals surface area contributed by atoms with E-state index in [4.69, 9.17) is 10.5 Å². The number of aliphatic carboxylic acids is 1. The highest BCUT2D eigenvalue weighted by Crippen LogP contribution is 2.44. The number of carbonyl (C=O) groups excluding carboxylic acids is 1. The van der Waals surface area contributed by atoms with Crippen molar-refractivity contribution in [1.29, 1.82) is 0 Å². The van der Waals surface area contributed by atoms with Crippen molar-refractivity contribution >= 4 is 17.6 Å². The normalized spacial score (nSPS) is 20.4. The molecule has 0 spiro atoms. The number of fused-ring (bicyclic) bond motifs is 1. The Kier molecular flexibility index (Phi) is 9.92. The summed E-state index contributed by atoms with van der Waals surface area (Å²) in [5.41, 5.74) is 10.8. The highest BCUT2D eigenvalue weighted by molar-refractivity contribution is 5.95. The second-order valence-corrected chi connectivity index (χ2v) is 12.6. The molecule has 222 valence electrons. The molecule has 7 heteroatoms. The van der Waals surface area contributed by atoms with Crippen LogP contribution in [0.2, 0.25) is 0 Å². The van der Waals surface area contributed by atoms with Gasteiger partial charge in [0.2, 0.25) is 5.91 Å². The Morgan fingerprint density at radius 3 is 2.66 bits per heavy atom. The first-order valence-electron chi connectivity index (χ1n) is 15.0. The van der Waals surface area contributed by atoms with E-state index in [0.29, 0.717) is 32.7 Å². The van der Waals surface area contributed by atoms with Crippen molar-refractivity contribution in [3.63, 3.8) is 0 Å². The summed E-state index contributed by atoms with van der Waals surface area (Å²) in [7, 11) is 0. The Labute approximate surface area is 245 Å². The fraction of sp³-hybridized carbons (Fsp3) is 0.529. The molecule has 0 aromatic heterocycles. The van der Waals surface area contributed by atoms with Crippen LogP contribution in [0.5, 0.6) is 5.75 Å². The molecule has 0 saturated carbocycles. The maximum absolute atomic E-state index is 14.0. The van der Waals surface area contributed by atoms with Gasteiger partial charge in [-0.15, -0.1) is 0 Å². The number of nitrogens with zero attached hydrogens (tertiary/aromatic N) is 2. The monoisotopic (exact) mass is 561 g/mol. The van der Waals surface area contributed by atoms with Crippen LogP contribution < -0.4 is 15.4 Å². The molecule has 0 aliphatic carbocycles. The van der Waals surface area contributed by atoms with Crippen molar-refractivity contribution in [3.05, 3.63) is 70.8 Å². The van der Waals surface area contributed by atoms with Gasteiger partial charge in [0.05, 0.1) is 19.1 Å². The fourth-order valence-corrected chi connectivity index (χ4v) is 6.73. The van der Waals surface area contributed by atoms with Crippen molar-refractivity contribution < 1.29 is 19.4 Å². The van der Waals surface area contributed by atoms with Gasteiger partial charge in [0.25, 0.3) is 0 Å². The summed E-state index contributed by atoms with van der Waals surface area (Å²) in [6.07, 6.45) is 5.55. The lowest BCUT2D eigenvalue weighted by atomic mass is 9.77. The second kappa shape index (κ2) is 13.2. The molecule has 7 nitrogen and oxygen atoms in total. The van der Waals surface area contributed by atoms with Gasteiger partial charge in [0, 0.05) is 43.7 Å². The number of allylic oxidation sites excluding steroid dienone is 2. The van der Waals surface area contributed by atoms with Crippen LogP contribution in [-0.4, -0.2) is 54.2 Å². The lowest BCUT2D eigenvalue weighted by Gasteiger charge is -2.34. The van der Waals surface area contributed by atoms with E-state index in [0.717, 1.165) is 47.4 Å². The van der Waals surface area contributed by atoms with Gasteiger partial charge in [-0.1, -0.05) is 63.1 Å². The van der Waals surface area contributed by atoms with Crippen LogP contribution in [0.1, 0.15) is 76.5 Å². The summed E-state index contributed by atoms with van der Waals surface area (Å²) in [5.74, 6) is -0.776. The largest absolute Gasteiger partial charge is 0.493 e. The number of nitrogens with two attached hydrogens (primary N) is 1. The highest BCUT2D eigenvalue weighted by Gasteiger charge is 2.48. The first kappa shape index (κ1) is 30.8. The lowest BCUT2D eigenvalue weighted by molar-refractivity contribution is -0.143. The maximum atomic E-state index is 14.0. The van der Waals surface area contributed by atoms with Crippen molar-refractivity contribution in [2.24, 2.45) is 17.1 Å². The van der Waals surface area contributed by atoms with Gasteiger partial charge in [0.1, 0.15) is 5.75 Å². The molecule has 3 N–H and O–H groups in total. The van der Waals surface area contributed by atoms with Gasteiger partial charge in [-0.3, -0.25) is 14.5 Å². The van der Waals surface area contributed by atoms with E-state index in [1.807, 2.05) is 41.3 Å². The van der Waals surface area contributed by atoms with Crippen LogP contribution in [0.25, 0.3) is 0 Å². The van der Waals surface area contributed by atoms with E-state index in [1.54, 1.807) is 0 Å². The number of carboxylic acids is 1. The van der Waals surface area contributed by atoms with Crippen LogP contribution >= 0.6 is 0 Å². The number of hydrogen-bond acceptors (Lipinski definition) is 5. The number of unbranched alkanes of at least 4 members (excludes halogenated alkanes) is 1. The molecule has 41 heavy (non-hydrogen) atoms. The smallest absolute Gasteiger partial charge is 0.308 e. The predicted octanol–water partition coefficient (Wildman–Crippen LogP) is 5.76. The van der Waals surface area contributed by atoms with E-state index in [-0.39, 0.29) is 29.8 Å². The number of likely N-dealkylation sites (tertiary alicyclic amines) is 1. The molecule has 1 fully saturated rings. The molecule has 0 bridgehead atoms. The topological polar surface area (TPSA) is 96.1 Å². The zero-order valence-corrected chi connectivity index (χ0v) is 25.4. The quantitative estimate of drug-likeness (QED) is 0.320. The highest BCUT2D eigenvalue weighted by atomic mass is 16.5. The number of rotatable bonds is 12. The van der Waals surface area contributed by atoms with Crippen molar-refractivity contribution in [1.82, 2.24) is 4.90 Å². The molecule has 2 aromatic carbocycles. The number of anilines is 1. The van der Waals surface area contributed by atoms with Crippen molar-refractivity contribution in [3.8, 4) is 5.75 Å². The zero-order valence-electron chi connectivity index (χ0n) is 25.4. The summed E-state index contributed by atoms with van der Waals surface area (Å²) in [4.78, 5) is 31.0. The van der Waals surface area contributed by atoms with Gasteiger partial charge < -0.3 is 20.5 Å². The molecule has 2 aromatic rings. The van der Waals surface area contributed by atoms with E-state index in [1.165, 1.54) is 5.57 Å². The van der Waals surface area contributed by atoms with Crippen LogP contribution in [-0.2, 0) is 22.6 Å². The van der Waals surface area contributed by atoms with Crippen molar-refractivity contribution in [2.75, 3.05) is 31.1 Å². The van der Waals surface area contributed by atoms with E-state index < -0.39 is 11.9 Å². The van der Waals surface area contributed by atoms with E-state index in [9.17, 15) is 14.7 Å². The molecule has 2 heterocycles. The Balaban J connectivity index is 1.69. The Morgan fingerprint density at radius 2 is 1.98 bits per heavy atom. The maximum Gasteiger partial charge on any atom is 0.308 e. The molecule has 3 atom stereocenters. The number of hydrogen-bond donors (Lipinski definition) is 2. The number of benzene rings is 2. The summed E-state index contributed by atoms with van der Waals surface area (Å²) in [5, 5.41) is 10.6. The van der Waals surface area contributed by atoms with Crippen LogP contribution in [0.15, 0.2) is 54.1 Å². The number of amides is 1. The minimum absolute atomic E-state index is 0.00946. The minimum Gasteiger partial charge on any atom is -0.493 e. The standard InChI is InChI=1S/C34H47N3O4/c1-6-7-14-37(27-10-8-9-24(16-27)20-35)31(38)22-36-21-28(25-11-12-30-26(17-25)13-15-41-30)32(33(39)40)29(36)19-34(4,5)18-23(2)3/h8-12,16-18,28-29,32H,6-7,13-15,19-22,35H2,1-5H3,(H,39,40)/t28-,29+,32-/m1/s1. The Hall–Kier alpha value is -3.16. The summed E-state index contributed by atoms with van der Waals surface area (Å²) < 4.78 is 5.71. The molecule has 1 amide bonds. The molecule has 4 rings (SSSR count). The third-order valence-corrected chi connectivity index (χ3v) is 8.42. The predicted molar refractivity (Wildman–Crippen MR) is 164 cm³/mol. The van der Waals surface area contributed by atoms with Crippen LogP contribution in [0, 0.1) is 11.3 Å². The van der Waals surface area contributed by atoms with Crippen LogP contribution in [0.4, 0.5) is 5.69 Å². The summed E-state index contributed by atoms with van der Waals surface area (Å²) in [6, 6.07) is 13.7. The zero-order chi connectivity index (χ0) is 29.7. The third-order valence-electron chi connectivity index (χ3n) is 8.42. The van der Waals surface area contributed by atoms with Gasteiger partial charge in [-0.2, -0.15) is 0 Å². The van der Waals surface area contributed by atoms with E-state index >= 15 is 0 Å². The molecule has 0 radical (unpaired) electrons. The van der Waals surface area contributed by atoms with Gasteiger partial charge in [-0.25, -0.2) is 0 Å². The van der Waals surface area contributed by atoms with E-state index in [2.05, 4.69) is 51.7 Å². The van der Waals surface area contributed by atoms with Crippen LogP contribution in [0.3, 0.4) is 0 Å². The fourth-order valence-electron chi connectivity index (χ4n) is 6.73. The Bertz CT molecular complexity index is 1270. The summed E-state index contributed by atoms with van der Waals surface area (Å²) in [6.45, 7) is 12.9. The second-order valence-electron chi connectivity index (χ2n) is 12.6. The number of carboxylic acid groups (broad SMARTS) is 1. The SMILES string of the molecule is CCCCN(C(=O)CN1C[C@H](c2ccc3c(c2)CCO3)[C@@H](C(=O)O)[C@@H]1CC(C)(C)C=C(C)C)c1cccc(CN)c1. The molecule has 2 aliphatic rings. The van der Waals surface area contributed by atoms with Gasteiger partial charge in [0.15, 0.2) is 0 Å². The third kappa shape index (κ3) is 7.38. The first-order valence-corrected chi connectivity index (χ1v) is 15.0. The molecular formula is C34H47N3O4. The average Bonchev–Trinajstić information content (AvgIpc) is 3.52. The first-order chi connectivity index (χ1) is 19.5. The molecule has 1 saturated heterocycles. The van der Waals surface area contributed by atoms with Crippen molar-refractivity contribution in [2.45, 2.75) is 78.8 Å². The van der Waals surface area contributed by atoms with Gasteiger partial charge in [-0.05, 0) is 67.0 Å². The summed E-state index contributed by atoms with van der Waals surface area (Å²) >= 11 is 0.